The topological polar surface area (TPSA) is 87.7 Å². The van der Waals surface area contributed by atoms with Crippen molar-refractivity contribution >= 4 is 20.7 Å². The van der Waals surface area contributed by atoms with Gasteiger partial charge in [-0.3, -0.25) is 10.1 Å². The normalized spacial score (nSPS) is 13.3. The highest BCUT2D eigenvalue weighted by Crippen LogP contribution is 2.29. The molecule has 1 atom stereocenters. The van der Waals surface area contributed by atoms with Gasteiger partial charge >= 0.3 is 0 Å². The van der Waals surface area contributed by atoms with E-state index in [-0.39, 0.29) is 6.04 Å². The molecule has 0 radical (unpaired) electrons. The number of fused-ring (bicyclic) bond motifs is 1. The zero-order chi connectivity index (χ0) is 16.6. The predicted molar refractivity (Wildman–Crippen MR) is 89.1 cm³/mol. The van der Waals surface area contributed by atoms with Crippen molar-refractivity contribution in [3.8, 4) is 0 Å². The number of aromatic nitrogens is 3. The molecule has 1 aromatic carbocycles. The molecule has 0 fully saturated rings. The van der Waals surface area contributed by atoms with E-state index in [4.69, 9.17) is 0 Å². The number of aromatic amines is 1. The van der Waals surface area contributed by atoms with Crippen molar-refractivity contribution in [2.24, 2.45) is 0 Å². The van der Waals surface area contributed by atoms with Crippen LogP contribution in [0.5, 0.6) is 0 Å². The fourth-order valence-corrected chi connectivity index (χ4v) is 3.43. The average Bonchev–Trinajstić information content (AvgIpc) is 2.90. The molecule has 0 spiro atoms. The zero-order valence-corrected chi connectivity index (χ0v) is 14.0. The van der Waals surface area contributed by atoms with Crippen molar-refractivity contribution < 1.29 is 8.42 Å². The van der Waals surface area contributed by atoms with E-state index in [1.807, 2.05) is 26.1 Å². The Labute approximate surface area is 134 Å². The van der Waals surface area contributed by atoms with E-state index in [0.29, 0.717) is 4.90 Å². The molecule has 0 aliphatic carbocycles. The lowest BCUT2D eigenvalue weighted by molar-refractivity contribution is 0.601. The summed E-state index contributed by atoms with van der Waals surface area (Å²) in [7, 11) is -1.43. The lowest BCUT2D eigenvalue weighted by atomic mass is 10.00. The molecule has 2 aromatic heterocycles. The number of rotatable bonds is 4. The predicted octanol–water partition coefficient (Wildman–Crippen LogP) is 1.98. The molecule has 2 heterocycles. The highest BCUT2D eigenvalue weighted by molar-refractivity contribution is 7.90. The van der Waals surface area contributed by atoms with Crippen molar-refractivity contribution in [2.75, 3.05) is 13.3 Å². The molecule has 0 aliphatic heterocycles. The molecule has 120 valence electrons. The summed E-state index contributed by atoms with van der Waals surface area (Å²) in [5.74, 6) is 0. The molecular formula is C16H18N4O2S. The Morgan fingerprint density at radius 2 is 2.04 bits per heavy atom. The summed E-state index contributed by atoms with van der Waals surface area (Å²) in [4.78, 5) is 4.80. The fraction of sp³-hybridized carbons (Fsp3) is 0.250. The summed E-state index contributed by atoms with van der Waals surface area (Å²) < 4.78 is 23.6. The van der Waals surface area contributed by atoms with Gasteiger partial charge in [0.05, 0.1) is 22.1 Å². The van der Waals surface area contributed by atoms with Gasteiger partial charge in [0.15, 0.2) is 9.84 Å². The smallest absolute Gasteiger partial charge is 0.175 e. The number of pyridine rings is 1. The summed E-state index contributed by atoms with van der Waals surface area (Å²) in [6, 6.07) is 8.55. The average molecular weight is 330 g/mol. The van der Waals surface area contributed by atoms with Crippen molar-refractivity contribution in [3.63, 3.8) is 0 Å². The van der Waals surface area contributed by atoms with Crippen molar-refractivity contribution in [1.82, 2.24) is 20.5 Å². The Balaban J connectivity index is 2.18. The van der Waals surface area contributed by atoms with Gasteiger partial charge in [-0.15, -0.1) is 0 Å². The van der Waals surface area contributed by atoms with Gasteiger partial charge in [-0.2, -0.15) is 5.10 Å². The van der Waals surface area contributed by atoms with Crippen LogP contribution in [0.4, 0.5) is 0 Å². The summed E-state index contributed by atoms with van der Waals surface area (Å²) >= 11 is 0. The third kappa shape index (κ3) is 2.85. The van der Waals surface area contributed by atoms with Gasteiger partial charge in [0, 0.05) is 23.5 Å². The number of nitrogens with zero attached hydrogens (tertiary/aromatic N) is 2. The number of benzene rings is 1. The molecule has 6 nitrogen and oxygen atoms in total. The lowest BCUT2D eigenvalue weighted by Gasteiger charge is -2.18. The second-order valence-electron chi connectivity index (χ2n) is 5.51. The molecule has 0 aliphatic rings. The SMILES string of the molecule is CNC(c1cccc(S(C)(=O)=O)c1)c1nccc2n[nH]c(C)c12. The molecule has 3 aromatic rings. The molecule has 2 N–H and O–H groups in total. The Kier molecular flexibility index (Phi) is 3.91. The largest absolute Gasteiger partial charge is 0.308 e. The summed E-state index contributed by atoms with van der Waals surface area (Å²) in [6.07, 6.45) is 2.92. The maximum absolute atomic E-state index is 11.8. The molecule has 0 bridgehead atoms. The molecular weight excluding hydrogens is 312 g/mol. The van der Waals surface area contributed by atoms with Crippen molar-refractivity contribution in [1.29, 1.82) is 0 Å². The number of hydrogen-bond acceptors (Lipinski definition) is 5. The first-order valence-electron chi connectivity index (χ1n) is 7.18. The Morgan fingerprint density at radius 1 is 1.26 bits per heavy atom. The van der Waals surface area contributed by atoms with Crippen LogP contribution in [0.15, 0.2) is 41.4 Å². The van der Waals surface area contributed by atoms with E-state index in [9.17, 15) is 8.42 Å². The van der Waals surface area contributed by atoms with Crippen LogP contribution in [-0.4, -0.2) is 36.9 Å². The third-order valence-electron chi connectivity index (χ3n) is 3.86. The molecule has 0 saturated carbocycles. The Hall–Kier alpha value is -2.25. The van der Waals surface area contributed by atoms with Crippen LogP contribution < -0.4 is 5.32 Å². The monoisotopic (exact) mass is 330 g/mol. The second-order valence-corrected chi connectivity index (χ2v) is 7.52. The van der Waals surface area contributed by atoms with Crippen molar-refractivity contribution in [3.05, 3.63) is 53.5 Å². The highest BCUT2D eigenvalue weighted by Gasteiger charge is 2.20. The molecule has 0 amide bonds. The molecule has 3 rings (SSSR count). The van der Waals surface area contributed by atoms with Crippen LogP contribution in [0.3, 0.4) is 0 Å². The van der Waals surface area contributed by atoms with Gasteiger partial charge in [-0.1, -0.05) is 12.1 Å². The van der Waals surface area contributed by atoms with E-state index in [1.54, 1.807) is 24.4 Å². The number of hydrogen-bond donors (Lipinski definition) is 2. The Morgan fingerprint density at radius 3 is 2.74 bits per heavy atom. The summed E-state index contributed by atoms with van der Waals surface area (Å²) in [5, 5.41) is 11.4. The molecule has 1 unspecified atom stereocenters. The Bertz CT molecular complexity index is 963. The number of H-pyrrole nitrogens is 1. The van der Waals surface area contributed by atoms with E-state index in [1.165, 1.54) is 6.26 Å². The first-order chi connectivity index (χ1) is 10.9. The minimum atomic E-state index is -3.26. The van der Waals surface area contributed by atoms with Crippen LogP contribution in [0, 0.1) is 6.92 Å². The van der Waals surface area contributed by atoms with E-state index < -0.39 is 9.84 Å². The van der Waals surface area contributed by atoms with Crippen LogP contribution in [-0.2, 0) is 9.84 Å². The van der Waals surface area contributed by atoms with E-state index in [0.717, 1.165) is 27.9 Å². The van der Waals surface area contributed by atoms with Crippen molar-refractivity contribution in [2.45, 2.75) is 17.9 Å². The number of nitrogens with one attached hydrogen (secondary N) is 2. The zero-order valence-electron chi connectivity index (χ0n) is 13.2. The minimum Gasteiger partial charge on any atom is -0.308 e. The quantitative estimate of drug-likeness (QED) is 0.764. The molecule has 7 heteroatoms. The van der Waals surface area contributed by atoms with E-state index >= 15 is 0 Å². The maximum atomic E-state index is 11.8. The third-order valence-corrected chi connectivity index (χ3v) is 4.97. The van der Waals surface area contributed by atoms with E-state index in [2.05, 4.69) is 20.5 Å². The first kappa shape index (κ1) is 15.6. The van der Waals surface area contributed by atoms with Crippen LogP contribution in [0.2, 0.25) is 0 Å². The summed E-state index contributed by atoms with van der Waals surface area (Å²) in [5.41, 5.74) is 3.44. The van der Waals surface area contributed by atoms with Gasteiger partial charge < -0.3 is 5.32 Å². The molecule has 0 saturated heterocycles. The summed E-state index contributed by atoms with van der Waals surface area (Å²) in [6.45, 7) is 1.94. The van der Waals surface area contributed by atoms with Crippen LogP contribution in [0.25, 0.3) is 10.9 Å². The van der Waals surface area contributed by atoms with Crippen LogP contribution >= 0.6 is 0 Å². The van der Waals surface area contributed by atoms with Crippen LogP contribution in [0.1, 0.15) is 23.0 Å². The lowest BCUT2D eigenvalue weighted by Crippen LogP contribution is -2.19. The maximum Gasteiger partial charge on any atom is 0.175 e. The minimum absolute atomic E-state index is 0.225. The van der Waals surface area contributed by atoms with Gasteiger partial charge in [0.2, 0.25) is 0 Å². The number of sulfone groups is 1. The first-order valence-corrected chi connectivity index (χ1v) is 9.08. The second kappa shape index (κ2) is 5.75. The van der Waals surface area contributed by atoms with Gasteiger partial charge in [0.1, 0.15) is 0 Å². The highest BCUT2D eigenvalue weighted by atomic mass is 32.2. The van der Waals surface area contributed by atoms with Gasteiger partial charge in [-0.25, -0.2) is 8.42 Å². The number of aryl methyl sites for hydroxylation is 1. The standard InChI is InChI=1S/C16H18N4O2S/c1-10-14-13(20-19-10)7-8-18-16(14)15(17-2)11-5-4-6-12(9-11)23(3,21)22/h4-9,15,17H,1-3H3,(H,19,20). The fourth-order valence-electron chi connectivity index (χ4n) is 2.75. The van der Waals surface area contributed by atoms with Gasteiger partial charge in [0.25, 0.3) is 0 Å². The van der Waals surface area contributed by atoms with Gasteiger partial charge in [-0.05, 0) is 37.7 Å². The molecule has 23 heavy (non-hydrogen) atoms.